The molecule has 0 saturated heterocycles. The topological polar surface area (TPSA) is 68.2 Å². The predicted molar refractivity (Wildman–Crippen MR) is 150 cm³/mol. The Bertz CT molecular complexity index is 842. The molecule has 0 spiro atoms. The molecule has 0 radical (unpaired) electrons. The fourth-order valence-electron chi connectivity index (χ4n) is 2.99. The summed E-state index contributed by atoms with van der Waals surface area (Å²) >= 11 is 3.35. The molecule has 10 heteroatoms. The average Bonchev–Trinajstić information content (AvgIpc) is 2.64. The van der Waals surface area contributed by atoms with Gasteiger partial charge in [0.2, 0.25) is 0 Å². The molecule has 2 aromatic rings. The number of rotatable bonds is 7. The van der Waals surface area contributed by atoms with E-state index in [1.54, 1.807) is 13.8 Å². The lowest BCUT2D eigenvalue weighted by Gasteiger charge is -2.20. The van der Waals surface area contributed by atoms with Gasteiger partial charge in [0, 0.05) is 22.8 Å². The van der Waals surface area contributed by atoms with Gasteiger partial charge < -0.3 is 24.0 Å². The van der Waals surface area contributed by atoms with Gasteiger partial charge in [-0.05, 0) is 121 Å². The monoisotopic (exact) mass is 574 g/mol. The highest BCUT2D eigenvalue weighted by atomic mass is 79.9. The first kappa shape index (κ1) is 36.9. The van der Waals surface area contributed by atoms with E-state index in [0.29, 0.717) is 16.6 Å². The molecule has 0 aromatic heterocycles. The van der Waals surface area contributed by atoms with Crippen LogP contribution in [0.1, 0.15) is 71.2 Å². The van der Waals surface area contributed by atoms with Crippen molar-refractivity contribution < 1.29 is 32.8 Å². The largest absolute Gasteiger partial charge is 0.639 e. The molecule has 0 saturated carbocycles. The van der Waals surface area contributed by atoms with Crippen molar-refractivity contribution in [1.82, 2.24) is 0 Å². The quantitative estimate of drug-likeness (QED) is 0.385. The van der Waals surface area contributed by atoms with Crippen LogP contribution >= 0.6 is 15.9 Å². The van der Waals surface area contributed by atoms with Crippen molar-refractivity contribution in [1.29, 1.82) is 0 Å². The van der Waals surface area contributed by atoms with E-state index in [1.165, 1.54) is 24.3 Å². The smallest absolute Gasteiger partial charge is 0.423 e. The summed E-state index contributed by atoms with van der Waals surface area (Å²) in [5.41, 5.74) is 3.39. The van der Waals surface area contributed by atoms with Crippen molar-refractivity contribution in [3.63, 3.8) is 0 Å². The Morgan fingerprint density at radius 1 is 0.667 bits per heavy atom. The number of hydrogen-bond donors (Lipinski definition) is 2. The molecular weight excluding hydrogens is 532 g/mol. The zero-order valence-electron chi connectivity index (χ0n) is 22.4. The van der Waals surface area contributed by atoms with Crippen LogP contribution in [-0.4, -0.2) is 42.8 Å². The highest BCUT2D eigenvalue weighted by Gasteiger charge is 2.25. The summed E-state index contributed by atoms with van der Waals surface area (Å²) in [5, 5.41) is 17.8. The van der Waals surface area contributed by atoms with Crippen molar-refractivity contribution >= 4 is 35.8 Å². The molecule has 0 amide bonds. The van der Waals surface area contributed by atoms with Crippen LogP contribution in [0.25, 0.3) is 0 Å². The van der Waals surface area contributed by atoms with Gasteiger partial charge in [-0.3, -0.25) is 0 Å². The first-order valence-corrected chi connectivity index (χ1v) is 12.4. The first-order valence-electron chi connectivity index (χ1n) is 11.6. The Kier molecular flexibility index (Phi) is 18.5. The molecule has 0 heterocycles. The minimum Gasteiger partial charge on any atom is -0.423 e. The van der Waals surface area contributed by atoms with Gasteiger partial charge in [0.1, 0.15) is 11.6 Å². The van der Waals surface area contributed by atoms with Crippen LogP contribution in [-0.2, 0) is 14.0 Å². The summed E-state index contributed by atoms with van der Waals surface area (Å²) in [4.78, 5) is 0. The van der Waals surface area contributed by atoms with Gasteiger partial charge in [0.05, 0.1) is 0 Å². The van der Waals surface area contributed by atoms with Crippen LogP contribution in [0.3, 0.4) is 0 Å². The summed E-state index contributed by atoms with van der Waals surface area (Å²) in [7, 11) is -2.06. The Balaban J connectivity index is 0. The van der Waals surface area contributed by atoms with Gasteiger partial charge in [0.25, 0.3) is 0 Å². The minimum absolute atomic E-state index is 0. The third-order valence-electron chi connectivity index (χ3n) is 4.37. The van der Waals surface area contributed by atoms with Crippen LogP contribution in [0.5, 0.6) is 0 Å². The maximum Gasteiger partial charge on any atom is 0.639 e. The predicted octanol–water partition coefficient (Wildman–Crippen LogP) is 6.21. The highest BCUT2D eigenvalue weighted by Crippen LogP contribution is 2.21. The first-order chi connectivity index (χ1) is 16.0. The van der Waals surface area contributed by atoms with Gasteiger partial charge in [-0.2, -0.15) is 0 Å². The SMILES string of the molecule is C.CC(C)OB(OC(C)C)OC(C)C.Cc1cc(F)cc(C)c1B(O)O.Cc1cc(F)cc(C)c1Br. The highest BCUT2D eigenvalue weighted by molar-refractivity contribution is 9.10. The molecule has 204 valence electrons. The van der Waals surface area contributed by atoms with E-state index in [4.69, 9.17) is 24.0 Å². The Morgan fingerprint density at radius 2 is 0.944 bits per heavy atom. The molecule has 2 rings (SSSR count). The zero-order chi connectivity index (χ0) is 27.5. The van der Waals surface area contributed by atoms with E-state index in [-0.39, 0.29) is 37.4 Å². The molecule has 0 aliphatic rings. The van der Waals surface area contributed by atoms with Crippen molar-refractivity contribution in [3.05, 3.63) is 62.6 Å². The van der Waals surface area contributed by atoms with Crippen molar-refractivity contribution in [2.75, 3.05) is 0 Å². The summed E-state index contributed by atoms with van der Waals surface area (Å²) in [6.07, 6.45) is 0.340. The standard InChI is InChI=1S/C9H21BO3.C8H10BFO2.C8H8BrF.CH4/c1-7(2)11-10(12-8(3)4)13-9(5)6;1-5-3-7(10)4-6(2)8(5)9(11)12;1-5-3-7(10)4-6(2)8(5)9;/h7-9H,1-6H3;3-4,11-12H,1-2H3;3-4H,1-2H3;1H4. The van der Waals surface area contributed by atoms with E-state index >= 15 is 0 Å². The number of benzene rings is 2. The van der Waals surface area contributed by atoms with Crippen LogP contribution in [0, 0.1) is 39.3 Å². The van der Waals surface area contributed by atoms with E-state index in [0.717, 1.165) is 15.6 Å². The molecule has 5 nitrogen and oxygen atoms in total. The third-order valence-corrected chi connectivity index (χ3v) is 5.62. The van der Waals surface area contributed by atoms with Gasteiger partial charge in [-0.1, -0.05) is 23.4 Å². The summed E-state index contributed by atoms with van der Waals surface area (Å²) < 4.78 is 42.6. The molecule has 0 aliphatic carbocycles. The summed E-state index contributed by atoms with van der Waals surface area (Å²) in [6, 6.07) is 5.58. The lowest BCUT2D eigenvalue weighted by Crippen LogP contribution is -2.34. The molecule has 0 unspecified atom stereocenters. The van der Waals surface area contributed by atoms with Crippen LogP contribution in [0.4, 0.5) is 8.78 Å². The second-order valence-corrected chi connectivity index (χ2v) is 9.82. The maximum atomic E-state index is 12.7. The van der Waals surface area contributed by atoms with E-state index in [9.17, 15) is 8.78 Å². The van der Waals surface area contributed by atoms with Gasteiger partial charge in [0.15, 0.2) is 0 Å². The average molecular weight is 575 g/mol. The second-order valence-electron chi connectivity index (χ2n) is 9.02. The fraction of sp³-hybridized carbons (Fsp3) is 0.538. The summed E-state index contributed by atoms with van der Waals surface area (Å²) in [6.45, 7) is 18.8. The van der Waals surface area contributed by atoms with Crippen molar-refractivity contribution in [3.8, 4) is 0 Å². The molecule has 36 heavy (non-hydrogen) atoms. The van der Waals surface area contributed by atoms with E-state index in [1.807, 2.05) is 55.4 Å². The van der Waals surface area contributed by atoms with Gasteiger partial charge in [-0.15, -0.1) is 0 Å². The Morgan fingerprint density at radius 3 is 1.19 bits per heavy atom. The normalized spacial score (nSPS) is 10.4. The number of hydrogen-bond acceptors (Lipinski definition) is 5. The number of aryl methyl sites for hydroxylation is 4. The van der Waals surface area contributed by atoms with Crippen molar-refractivity contribution in [2.24, 2.45) is 0 Å². The third kappa shape index (κ3) is 15.1. The number of halogens is 3. The molecule has 0 atom stereocenters. The van der Waals surface area contributed by atoms with Crippen LogP contribution < -0.4 is 5.46 Å². The molecule has 2 N–H and O–H groups in total. The minimum atomic E-state index is -1.52. The Labute approximate surface area is 226 Å². The molecule has 0 aliphatic heterocycles. The maximum absolute atomic E-state index is 12.7. The Hall–Kier alpha value is -1.29. The lowest BCUT2D eigenvalue weighted by atomic mass is 9.74. The van der Waals surface area contributed by atoms with Gasteiger partial charge >= 0.3 is 14.4 Å². The molecule has 0 bridgehead atoms. The zero-order valence-corrected chi connectivity index (χ0v) is 24.0. The molecule has 0 fully saturated rings. The van der Waals surface area contributed by atoms with Gasteiger partial charge in [-0.25, -0.2) is 8.78 Å². The van der Waals surface area contributed by atoms with Crippen LogP contribution in [0.2, 0.25) is 0 Å². The van der Waals surface area contributed by atoms with E-state index < -0.39 is 14.4 Å². The second kappa shape index (κ2) is 18.0. The van der Waals surface area contributed by atoms with Crippen LogP contribution in [0.15, 0.2) is 28.7 Å². The lowest BCUT2D eigenvalue weighted by molar-refractivity contribution is 0.0335. The molecular formula is C26H43B2BrF2O5. The fourth-order valence-corrected chi connectivity index (χ4v) is 3.21. The van der Waals surface area contributed by atoms with E-state index in [2.05, 4.69) is 15.9 Å². The van der Waals surface area contributed by atoms with Crippen molar-refractivity contribution in [2.45, 2.75) is 95.0 Å². The molecule has 2 aromatic carbocycles. The summed E-state index contributed by atoms with van der Waals surface area (Å²) in [5.74, 6) is -0.521.